The Balaban J connectivity index is 1.66. The van der Waals surface area contributed by atoms with Crippen LogP contribution in [0.5, 0.6) is 5.75 Å². The van der Waals surface area contributed by atoms with Gasteiger partial charge in [-0.1, -0.05) is 35.9 Å². The zero-order chi connectivity index (χ0) is 21.7. The van der Waals surface area contributed by atoms with Crippen molar-refractivity contribution in [1.29, 1.82) is 0 Å². The van der Waals surface area contributed by atoms with Crippen LogP contribution in [0, 0.1) is 5.82 Å². The molecule has 0 radical (unpaired) electrons. The van der Waals surface area contributed by atoms with Gasteiger partial charge < -0.3 is 10.1 Å². The van der Waals surface area contributed by atoms with Crippen molar-refractivity contribution in [3.63, 3.8) is 0 Å². The number of hydrogen-bond donors (Lipinski definition) is 2. The van der Waals surface area contributed by atoms with Crippen molar-refractivity contribution in [2.24, 2.45) is 0 Å². The quantitative estimate of drug-likeness (QED) is 0.549. The van der Waals surface area contributed by atoms with Gasteiger partial charge in [-0.3, -0.25) is 9.52 Å². The molecule has 0 saturated carbocycles. The fourth-order valence-corrected chi connectivity index (χ4v) is 3.74. The minimum Gasteiger partial charge on any atom is -0.479 e. The highest BCUT2D eigenvalue weighted by molar-refractivity contribution is 7.92. The van der Waals surface area contributed by atoms with Crippen LogP contribution in [0.2, 0.25) is 5.02 Å². The number of hydrogen-bond acceptors (Lipinski definition) is 4. The van der Waals surface area contributed by atoms with Gasteiger partial charge in [-0.05, 0) is 55.5 Å². The van der Waals surface area contributed by atoms with Gasteiger partial charge in [-0.25, -0.2) is 12.8 Å². The normalized spacial score (nSPS) is 12.1. The molecule has 30 heavy (non-hydrogen) atoms. The number of nitrogens with one attached hydrogen (secondary N) is 2. The number of benzene rings is 3. The van der Waals surface area contributed by atoms with E-state index in [-0.39, 0.29) is 10.6 Å². The van der Waals surface area contributed by atoms with Gasteiger partial charge in [-0.15, -0.1) is 0 Å². The molecule has 1 atom stereocenters. The van der Waals surface area contributed by atoms with Crippen LogP contribution in [-0.4, -0.2) is 20.4 Å². The maximum atomic E-state index is 13.7. The number of anilines is 2. The van der Waals surface area contributed by atoms with Gasteiger partial charge >= 0.3 is 0 Å². The molecule has 0 unspecified atom stereocenters. The summed E-state index contributed by atoms with van der Waals surface area (Å²) in [5.74, 6) is -0.741. The number of sulfonamides is 1. The first-order chi connectivity index (χ1) is 14.3. The predicted octanol–water partition coefficient (Wildman–Crippen LogP) is 4.69. The molecule has 0 saturated heterocycles. The molecule has 2 N–H and O–H groups in total. The van der Waals surface area contributed by atoms with E-state index in [0.29, 0.717) is 16.5 Å². The largest absolute Gasteiger partial charge is 0.479 e. The van der Waals surface area contributed by atoms with Crippen molar-refractivity contribution >= 4 is 38.9 Å². The summed E-state index contributed by atoms with van der Waals surface area (Å²) in [7, 11) is -3.98. The molecule has 9 heteroatoms. The van der Waals surface area contributed by atoms with Crippen molar-refractivity contribution in [3.8, 4) is 5.75 Å². The molecule has 0 heterocycles. The summed E-state index contributed by atoms with van der Waals surface area (Å²) in [5, 5.41) is 3.02. The Labute approximate surface area is 178 Å². The van der Waals surface area contributed by atoms with E-state index in [0.717, 1.165) is 6.07 Å². The maximum absolute atomic E-state index is 13.7. The summed E-state index contributed by atoms with van der Waals surface area (Å²) >= 11 is 6.02. The zero-order valence-electron chi connectivity index (χ0n) is 15.8. The summed E-state index contributed by atoms with van der Waals surface area (Å²) in [5.41, 5.74) is 0.222. The van der Waals surface area contributed by atoms with Crippen molar-refractivity contribution in [2.45, 2.75) is 17.9 Å². The second-order valence-corrected chi connectivity index (χ2v) is 8.38. The van der Waals surface area contributed by atoms with Crippen LogP contribution in [0.3, 0.4) is 0 Å². The Kier molecular flexibility index (Phi) is 6.59. The van der Waals surface area contributed by atoms with Crippen LogP contribution in [0.4, 0.5) is 15.8 Å². The van der Waals surface area contributed by atoms with Crippen LogP contribution in [0.25, 0.3) is 0 Å². The Morgan fingerprint density at radius 2 is 1.63 bits per heavy atom. The third kappa shape index (κ3) is 5.28. The number of para-hydroxylation sites is 2. The van der Waals surface area contributed by atoms with Crippen molar-refractivity contribution < 1.29 is 22.3 Å². The van der Waals surface area contributed by atoms with Crippen LogP contribution >= 0.6 is 11.6 Å². The van der Waals surface area contributed by atoms with Gasteiger partial charge in [0.25, 0.3) is 15.9 Å². The molecule has 0 aliphatic carbocycles. The molecule has 0 fully saturated rings. The molecule has 0 aromatic heterocycles. The van der Waals surface area contributed by atoms with Crippen molar-refractivity contribution in [1.82, 2.24) is 0 Å². The minimum atomic E-state index is -3.98. The van der Waals surface area contributed by atoms with E-state index in [4.69, 9.17) is 16.3 Å². The highest BCUT2D eigenvalue weighted by Crippen LogP contribution is 2.25. The van der Waals surface area contributed by atoms with E-state index in [2.05, 4.69) is 10.0 Å². The third-order valence-electron chi connectivity index (χ3n) is 4.06. The standard InChI is InChI=1S/C21H18ClFN2O4S/c1-14(29-20-9-5-2-6-17(20)22)21(26)24-15-10-12-16(13-11-15)30(27,28)25-19-8-4-3-7-18(19)23/h2-14,25H,1H3,(H,24,26)/t14-/m0/s1. The topological polar surface area (TPSA) is 84.5 Å². The molecule has 0 aliphatic heterocycles. The molecule has 0 aliphatic rings. The molecule has 3 aromatic carbocycles. The summed E-state index contributed by atoms with van der Waals surface area (Å²) in [6, 6.07) is 17.7. The molecular weight excluding hydrogens is 431 g/mol. The fraction of sp³-hybridized carbons (Fsp3) is 0.0952. The Morgan fingerprint density at radius 3 is 2.30 bits per heavy atom. The number of rotatable bonds is 7. The first kappa shape index (κ1) is 21.6. The number of halogens is 2. The van der Waals surface area contributed by atoms with Gasteiger partial charge in [0, 0.05) is 5.69 Å². The van der Waals surface area contributed by atoms with E-state index in [1.54, 1.807) is 31.2 Å². The van der Waals surface area contributed by atoms with Gasteiger partial charge in [0.1, 0.15) is 11.6 Å². The summed E-state index contributed by atoms with van der Waals surface area (Å²) < 4.78 is 46.3. The van der Waals surface area contributed by atoms with E-state index < -0.39 is 27.9 Å². The Morgan fingerprint density at radius 1 is 1.00 bits per heavy atom. The van der Waals surface area contributed by atoms with Gasteiger partial charge in [0.15, 0.2) is 6.10 Å². The highest BCUT2D eigenvalue weighted by atomic mass is 35.5. The van der Waals surface area contributed by atoms with E-state index in [1.807, 2.05) is 0 Å². The first-order valence-electron chi connectivity index (χ1n) is 8.86. The second kappa shape index (κ2) is 9.15. The predicted molar refractivity (Wildman–Crippen MR) is 114 cm³/mol. The Hall–Kier alpha value is -3.10. The third-order valence-corrected chi connectivity index (χ3v) is 5.75. The number of carbonyl (C=O) groups is 1. The molecular formula is C21H18ClFN2O4S. The number of ether oxygens (including phenoxy) is 1. The van der Waals surface area contributed by atoms with Crippen molar-refractivity contribution in [3.05, 3.63) is 83.6 Å². The van der Waals surface area contributed by atoms with Gasteiger partial charge in [0.05, 0.1) is 15.6 Å². The lowest BCUT2D eigenvalue weighted by Gasteiger charge is -2.16. The molecule has 156 valence electrons. The molecule has 0 spiro atoms. The van der Waals surface area contributed by atoms with E-state index in [9.17, 15) is 17.6 Å². The number of carbonyl (C=O) groups excluding carboxylic acids is 1. The monoisotopic (exact) mass is 448 g/mol. The molecule has 0 bridgehead atoms. The maximum Gasteiger partial charge on any atom is 0.265 e. The average molecular weight is 449 g/mol. The first-order valence-corrected chi connectivity index (χ1v) is 10.7. The smallest absolute Gasteiger partial charge is 0.265 e. The fourth-order valence-electron chi connectivity index (χ4n) is 2.49. The average Bonchev–Trinajstić information content (AvgIpc) is 2.71. The highest BCUT2D eigenvalue weighted by Gasteiger charge is 2.18. The lowest BCUT2D eigenvalue weighted by atomic mass is 10.3. The van der Waals surface area contributed by atoms with Crippen LogP contribution in [0.15, 0.2) is 77.7 Å². The number of amides is 1. The van der Waals surface area contributed by atoms with Gasteiger partial charge in [-0.2, -0.15) is 0 Å². The van der Waals surface area contributed by atoms with Crippen LogP contribution in [0.1, 0.15) is 6.92 Å². The molecule has 3 rings (SSSR count). The lowest BCUT2D eigenvalue weighted by molar-refractivity contribution is -0.122. The molecule has 6 nitrogen and oxygen atoms in total. The second-order valence-electron chi connectivity index (χ2n) is 6.29. The summed E-state index contributed by atoms with van der Waals surface area (Å²) in [6.07, 6.45) is -0.837. The summed E-state index contributed by atoms with van der Waals surface area (Å²) in [4.78, 5) is 12.3. The molecule has 1 amide bonds. The van der Waals surface area contributed by atoms with Crippen LogP contribution < -0.4 is 14.8 Å². The summed E-state index contributed by atoms with van der Waals surface area (Å²) in [6.45, 7) is 1.57. The van der Waals surface area contributed by atoms with Crippen LogP contribution in [-0.2, 0) is 14.8 Å². The van der Waals surface area contributed by atoms with E-state index >= 15 is 0 Å². The van der Waals surface area contributed by atoms with Gasteiger partial charge in [0.2, 0.25) is 0 Å². The minimum absolute atomic E-state index is 0.0795. The molecule has 3 aromatic rings. The van der Waals surface area contributed by atoms with E-state index in [1.165, 1.54) is 42.5 Å². The lowest BCUT2D eigenvalue weighted by Crippen LogP contribution is -2.30. The SMILES string of the molecule is C[C@H](Oc1ccccc1Cl)C(=O)Nc1ccc(S(=O)(=O)Nc2ccccc2F)cc1. The zero-order valence-corrected chi connectivity index (χ0v) is 17.4. The van der Waals surface area contributed by atoms with Crippen molar-refractivity contribution in [2.75, 3.05) is 10.0 Å². The Bertz CT molecular complexity index is 1150.